The summed E-state index contributed by atoms with van der Waals surface area (Å²) in [6.07, 6.45) is 8.33. The molecule has 0 bridgehead atoms. The molecule has 1 N–H and O–H groups in total. The minimum Gasteiger partial charge on any atom is -0.348 e. The third-order valence-corrected chi connectivity index (χ3v) is 4.33. The largest absolute Gasteiger partial charge is 0.348 e. The fourth-order valence-electron chi connectivity index (χ4n) is 2.74. The Labute approximate surface area is 141 Å². The fraction of sp³-hybridized carbons (Fsp3) is 0.200. The molecule has 0 saturated heterocycles. The molecule has 0 unspecified atom stereocenters. The highest BCUT2D eigenvalue weighted by atomic mass is 16.1. The summed E-state index contributed by atoms with van der Waals surface area (Å²) in [5.74, 6) is 0.591. The summed E-state index contributed by atoms with van der Waals surface area (Å²) in [7, 11) is 0. The van der Waals surface area contributed by atoms with Crippen LogP contribution in [0, 0.1) is 0 Å². The van der Waals surface area contributed by atoms with Gasteiger partial charge in [-0.2, -0.15) is 0 Å². The number of rotatable bonds is 5. The Bertz CT molecular complexity index is 816. The van der Waals surface area contributed by atoms with E-state index in [1.807, 2.05) is 59.6 Å². The Morgan fingerprint density at radius 3 is 2.46 bits per heavy atom. The van der Waals surface area contributed by atoms with Crippen LogP contribution in [0.5, 0.6) is 0 Å². The molecule has 1 aliphatic rings. The summed E-state index contributed by atoms with van der Waals surface area (Å²) in [4.78, 5) is 16.7. The van der Waals surface area contributed by atoms with Crippen LogP contribution in [0.1, 0.15) is 40.4 Å². The predicted molar refractivity (Wildman–Crippen MR) is 93.2 cm³/mol. The van der Waals surface area contributed by atoms with Crippen molar-refractivity contribution in [3.05, 3.63) is 83.9 Å². The molecule has 1 aromatic carbocycles. The van der Waals surface area contributed by atoms with E-state index in [9.17, 15) is 4.79 Å². The van der Waals surface area contributed by atoms with Crippen LogP contribution in [-0.4, -0.2) is 15.5 Å². The molecule has 4 heteroatoms. The highest BCUT2D eigenvalue weighted by molar-refractivity contribution is 5.94. The van der Waals surface area contributed by atoms with Crippen LogP contribution in [0.25, 0.3) is 5.69 Å². The first-order valence-electron chi connectivity index (χ1n) is 8.26. The van der Waals surface area contributed by atoms with Gasteiger partial charge in [0.25, 0.3) is 5.91 Å². The Morgan fingerprint density at radius 1 is 1.08 bits per heavy atom. The Kier molecular flexibility index (Phi) is 3.87. The Balaban J connectivity index is 1.37. The van der Waals surface area contributed by atoms with Gasteiger partial charge >= 0.3 is 0 Å². The van der Waals surface area contributed by atoms with Crippen molar-refractivity contribution < 1.29 is 4.79 Å². The van der Waals surface area contributed by atoms with Crippen LogP contribution in [0.2, 0.25) is 0 Å². The van der Waals surface area contributed by atoms with Gasteiger partial charge in [0.15, 0.2) is 0 Å². The molecule has 2 heterocycles. The van der Waals surface area contributed by atoms with Crippen molar-refractivity contribution in [2.24, 2.45) is 0 Å². The molecular weight excluding hydrogens is 298 g/mol. The third kappa shape index (κ3) is 3.23. The van der Waals surface area contributed by atoms with Crippen LogP contribution in [-0.2, 0) is 6.54 Å². The number of pyridine rings is 1. The third-order valence-electron chi connectivity index (χ3n) is 4.33. The molecule has 120 valence electrons. The molecule has 0 atom stereocenters. The second-order valence-electron chi connectivity index (χ2n) is 6.19. The molecular formula is C20H19N3O. The molecule has 0 spiro atoms. The maximum absolute atomic E-state index is 12.3. The number of benzene rings is 1. The fourth-order valence-corrected chi connectivity index (χ4v) is 2.74. The molecule has 1 fully saturated rings. The van der Waals surface area contributed by atoms with Gasteiger partial charge in [0, 0.05) is 48.0 Å². The van der Waals surface area contributed by atoms with E-state index in [2.05, 4.69) is 22.4 Å². The molecule has 3 aromatic rings. The van der Waals surface area contributed by atoms with Gasteiger partial charge in [-0.3, -0.25) is 9.78 Å². The van der Waals surface area contributed by atoms with Gasteiger partial charge in [0.05, 0.1) is 0 Å². The molecule has 0 radical (unpaired) electrons. The molecule has 4 rings (SSSR count). The SMILES string of the molecule is O=C(NCc1ccc(C2CC2)nc1)c1ccc(-n2cccc2)cc1. The van der Waals surface area contributed by atoms with Crippen molar-refractivity contribution in [2.75, 3.05) is 0 Å². The molecule has 1 aliphatic carbocycles. The first-order valence-corrected chi connectivity index (χ1v) is 8.26. The van der Waals surface area contributed by atoms with E-state index in [-0.39, 0.29) is 5.91 Å². The summed E-state index contributed by atoms with van der Waals surface area (Å²) >= 11 is 0. The zero-order chi connectivity index (χ0) is 16.4. The molecule has 2 aromatic heterocycles. The van der Waals surface area contributed by atoms with Gasteiger partial charge in [0.1, 0.15) is 0 Å². The Hall–Kier alpha value is -2.88. The monoisotopic (exact) mass is 317 g/mol. The van der Waals surface area contributed by atoms with Gasteiger partial charge in [-0.1, -0.05) is 6.07 Å². The number of aromatic nitrogens is 2. The van der Waals surface area contributed by atoms with E-state index in [4.69, 9.17) is 0 Å². The van der Waals surface area contributed by atoms with E-state index in [0.717, 1.165) is 11.3 Å². The lowest BCUT2D eigenvalue weighted by Gasteiger charge is -2.07. The molecule has 1 saturated carbocycles. The van der Waals surface area contributed by atoms with E-state index in [1.165, 1.54) is 18.5 Å². The standard InChI is InChI=1S/C20H19N3O/c24-20(17-6-8-18(9-7-17)23-11-1-2-12-23)22-14-15-3-10-19(21-13-15)16-4-5-16/h1-3,6-13,16H,4-5,14H2,(H,22,24). The normalized spacial score (nSPS) is 13.7. The number of amides is 1. The van der Waals surface area contributed by atoms with Gasteiger partial charge < -0.3 is 9.88 Å². The lowest BCUT2D eigenvalue weighted by molar-refractivity contribution is 0.0951. The van der Waals surface area contributed by atoms with Crippen LogP contribution in [0.3, 0.4) is 0 Å². The number of hydrogen-bond donors (Lipinski definition) is 1. The van der Waals surface area contributed by atoms with Gasteiger partial charge in [0.2, 0.25) is 0 Å². The van der Waals surface area contributed by atoms with Crippen molar-refractivity contribution in [2.45, 2.75) is 25.3 Å². The van der Waals surface area contributed by atoms with Crippen molar-refractivity contribution in [1.82, 2.24) is 14.9 Å². The van der Waals surface area contributed by atoms with Crippen LogP contribution in [0.15, 0.2) is 67.1 Å². The van der Waals surface area contributed by atoms with Crippen molar-refractivity contribution in [3.63, 3.8) is 0 Å². The van der Waals surface area contributed by atoms with Crippen molar-refractivity contribution >= 4 is 5.91 Å². The number of nitrogens with zero attached hydrogens (tertiary/aromatic N) is 2. The lowest BCUT2D eigenvalue weighted by atomic mass is 10.1. The van der Waals surface area contributed by atoms with Gasteiger partial charge in [-0.25, -0.2) is 0 Å². The van der Waals surface area contributed by atoms with Crippen LogP contribution in [0.4, 0.5) is 0 Å². The van der Waals surface area contributed by atoms with Crippen LogP contribution < -0.4 is 5.32 Å². The number of carbonyl (C=O) groups excluding carboxylic acids is 1. The maximum atomic E-state index is 12.3. The van der Waals surface area contributed by atoms with Crippen molar-refractivity contribution in [1.29, 1.82) is 0 Å². The van der Waals surface area contributed by atoms with E-state index >= 15 is 0 Å². The molecule has 1 amide bonds. The van der Waals surface area contributed by atoms with Gasteiger partial charge in [-0.15, -0.1) is 0 Å². The molecule has 24 heavy (non-hydrogen) atoms. The van der Waals surface area contributed by atoms with Gasteiger partial charge in [-0.05, 0) is 60.9 Å². The number of nitrogens with one attached hydrogen (secondary N) is 1. The second-order valence-corrected chi connectivity index (χ2v) is 6.19. The first kappa shape index (κ1) is 14.7. The number of carbonyl (C=O) groups is 1. The summed E-state index contributed by atoms with van der Waals surface area (Å²) in [6, 6.07) is 15.7. The molecule has 0 aliphatic heterocycles. The quantitative estimate of drug-likeness (QED) is 0.780. The van der Waals surface area contributed by atoms with E-state index in [1.54, 1.807) is 0 Å². The highest BCUT2D eigenvalue weighted by Gasteiger charge is 2.24. The topological polar surface area (TPSA) is 46.9 Å². The summed E-state index contributed by atoms with van der Waals surface area (Å²) in [5, 5.41) is 2.95. The van der Waals surface area contributed by atoms with E-state index < -0.39 is 0 Å². The lowest BCUT2D eigenvalue weighted by Crippen LogP contribution is -2.22. The number of hydrogen-bond acceptors (Lipinski definition) is 2. The average molecular weight is 317 g/mol. The Morgan fingerprint density at radius 2 is 1.83 bits per heavy atom. The average Bonchev–Trinajstić information content (AvgIpc) is 3.34. The first-order chi connectivity index (χ1) is 11.8. The summed E-state index contributed by atoms with van der Waals surface area (Å²) in [5.41, 5.74) is 3.90. The predicted octanol–water partition coefficient (Wildman–Crippen LogP) is 3.68. The smallest absolute Gasteiger partial charge is 0.251 e. The molecule has 4 nitrogen and oxygen atoms in total. The highest BCUT2D eigenvalue weighted by Crippen LogP contribution is 2.38. The summed E-state index contributed by atoms with van der Waals surface area (Å²) < 4.78 is 2.01. The zero-order valence-electron chi connectivity index (χ0n) is 13.4. The van der Waals surface area contributed by atoms with Crippen molar-refractivity contribution in [3.8, 4) is 5.69 Å². The minimum absolute atomic E-state index is 0.0691. The maximum Gasteiger partial charge on any atom is 0.251 e. The summed E-state index contributed by atoms with van der Waals surface area (Å²) in [6.45, 7) is 0.496. The second kappa shape index (κ2) is 6.32. The zero-order valence-corrected chi connectivity index (χ0v) is 13.4. The van der Waals surface area contributed by atoms with E-state index in [0.29, 0.717) is 18.0 Å². The minimum atomic E-state index is -0.0691. The van der Waals surface area contributed by atoms with Crippen LogP contribution >= 0.6 is 0 Å².